The zero-order valence-electron chi connectivity index (χ0n) is 19.9. The van der Waals surface area contributed by atoms with Crippen LogP contribution in [0.2, 0.25) is 0 Å². The van der Waals surface area contributed by atoms with Gasteiger partial charge in [-0.05, 0) is 31.2 Å². The van der Waals surface area contributed by atoms with Crippen LogP contribution in [0.3, 0.4) is 0 Å². The molecule has 1 saturated heterocycles. The van der Waals surface area contributed by atoms with Crippen LogP contribution in [0.4, 0.5) is 0 Å². The van der Waals surface area contributed by atoms with Crippen molar-refractivity contribution < 1.29 is 27.4 Å². The number of carbonyl (C=O) groups is 1. The fraction of sp³-hybridized carbons (Fsp3) is 0.435. The van der Waals surface area contributed by atoms with Gasteiger partial charge in [-0.25, -0.2) is 8.42 Å². The van der Waals surface area contributed by atoms with Crippen molar-refractivity contribution in [3.63, 3.8) is 0 Å². The van der Waals surface area contributed by atoms with E-state index in [0.717, 1.165) is 5.56 Å². The minimum absolute atomic E-state index is 0. The highest BCUT2D eigenvalue weighted by Crippen LogP contribution is 2.38. The third-order valence-electron chi connectivity index (χ3n) is 5.63. The lowest BCUT2D eigenvalue weighted by molar-refractivity contribution is 0.0944. The van der Waals surface area contributed by atoms with Gasteiger partial charge in [0.2, 0.25) is 15.8 Å². The van der Waals surface area contributed by atoms with Crippen LogP contribution < -0.4 is 19.5 Å². The van der Waals surface area contributed by atoms with Gasteiger partial charge in [-0.2, -0.15) is 4.31 Å². The molecule has 1 aliphatic heterocycles. The molecule has 0 bridgehead atoms. The molecule has 0 atom stereocenters. The Morgan fingerprint density at radius 1 is 0.941 bits per heavy atom. The van der Waals surface area contributed by atoms with Gasteiger partial charge in [-0.15, -0.1) is 12.4 Å². The first-order chi connectivity index (χ1) is 15.8. The molecule has 0 radical (unpaired) electrons. The third-order valence-corrected chi connectivity index (χ3v) is 7.54. The summed E-state index contributed by atoms with van der Waals surface area (Å²) in [5.74, 6) is 0.991. The van der Waals surface area contributed by atoms with Crippen molar-refractivity contribution in [3.8, 4) is 17.2 Å². The number of methoxy groups -OCH3 is 3. The van der Waals surface area contributed by atoms with Crippen LogP contribution in [0.5, 0.6) is 17.2 Å². The molecule has 0 unspecified atom stereocenters. The average Bonchev–Trinajstić information content (AvgIpc) is 2.83. The lowest BCUT2D eigenvalue weighted by Crippen LogP contribution is -2.50. The second-order valence-corrected chi connectivity index (χ2v) is 9.67. The number of hydrogen-bond donors (Lipinski definition) is 1. The molecular formula is C23H32ClN3O6S. The monoisotopic (exact) mass is 513 g/mol. The molecule has 1 heterocycles. The average molecular weight is 514 g/mol. The number of nitrogens with zero attached hydrogens (tertiary/aromatic N) is 2. The molecule has 188 valence electrons. The molecule has 34 heavy (non-hydrogen) atoms. The molecule has 2 aromatic rings. The molecular weight excluding hydrogens is 482 g/mol. The van der Waals surface area contributed by atoms with E-state index >= 15 is 0 Å². The Bertz CT molecular complexity index is 1050. The van der Waals surface area contributed by atoms with Crippen LogP contribution in [0.1, 0.15) is 15.9 Å². The number of piperazine rings is 1. The molecule has 9 nitrogen and oxygen atoms in total. The molecule has 0 saturated carbocycles. The summed E-state index contributed by atoms with van der Waals surface area (Å²) in [6, 6.07) is 10.1. The molecule has 1 aliphatic rings. The lowest BCUT2D eigenvalue weighted by Gasteiger charge is -2.34. The highest BCUT2D eigenvalue weighted by molar-refractivity contribution is 7.89. The van der Waals surface area contributed by atoms with Crippen molar-refractivity contribution in [1.29, 1.82) is 0 Å². The number of sulfonamides is 1. The number of hydrogen-bond acceptors (Lipinski definition) is 7. The second kappa shape index (κ2) is 12.3. The highest BCUT2D eigenvalue weighted by atomic mass is 35.5. The Hall–Kier alpha value is -2.53. The van der Waals surface area contributed by atoms with E-state index in [1.807, 2.05) is 6.92 Å². The summed E-state index contributed by atoms with van der Waals surface area (Å²) in [5.41, 5.74) is 1.42. The van der Waals surface area contributed by atoms with Gasteiger partial charge in [-0.3, -0.25) is 9.69 Å². The van der Waals surface area contributed by atoms with E-state index in [2.05, 4.69) is 10.2 Å². The number of halogens is 1. The molecule has 0 spiro atoms. The van der Waals surface area contributed by atoms with Crippen molar-refractivity contribution in [2.24, 2.45) is 0 Å². The van der Waals surface area contributed by atoms with Gasteiger partial charge >= 0.3 is 0 Å². The summed E-state index contributed by atoms with van der Waals surface area (Å²) in [4.78, 5) is 15.1. The Labute approximate surface area is 207 Å². The molecule has 11 heteroatoms. The van der Waals surface area contributed by atoms with E-state index in [4.69, 9.17) is 14.2 Å². The molecule has 0 aromatic heterocycles. The molecule has 2 aromatic carbocycles. The number of benzene rings is 2. The van der Waals surface area contributed by atoms with Crippen LogP contribution in [0.25, 0.3) is 0 Å². The van der Waals surface area contributed by atoms with Gasteiger partial charge in [-0.1, -0.05) is 17.7 Å². The predicted molar refractivity (Wildman–Crippen MR) is 132 cm³/mol. The summed E-state index contributed by atoms with van der Waals surface area (Å²) >= 11 is 0. The van der Waals surface area contributed by atoms with Gasteiger partial charge in [0.25, 0.3) is 5.91 Å². The molecule has 1 N–H and O–H groups in total. The van der Waals surface area contributed by atoms with E-state index in [1.165, 1.54) is 25.6 Å². The van der Waals surface area contributed by atoms with Crippen molar-refractivity contribution in [2.75, 3.05) is 60.6 Å². The summed E-state index contributed by atoms with van der Waals surface area (Å²) in [7, 11) is 1.01. The quantitative estimate of drug-likeness (QED) is 0.549. The normalized spacial score (nSPS) is 14.7. The third kappa shape index (κ3) is 6.32. The summed E-state index contributed by atoms with van der Waals surface area (Å²) < 4.78 is 43.1. The lowest BCUT2D eigenvalue weighted by atomic mass is 10.1. The first kappa shape index (κ1) is 27.7. The minimum Gasteiger partial charge on any atom is -0.493 e. The Kier molecular flexibility index (Phi) is 9.99. The zero-order chi connectivity index (χ0) is 24.0. The van der Waals surface area contributed by atoms with Gasteiger partial charge in [0.15, 0.2) is 11.5 Å². The van der Waals surface area contributed by atoms with Gasteiger partial charge < -0.3 is 19.5 Å². The number of carbonyl (C=O) groups excluding carboxylic acids is 1. The molecule has 0 aliphatic carbocycles. The van der Waals surface area contributed by atoms with Crippen molar-refractivity contribution in [3.05, 3.63) is 47.5 Å². The summed E-state index contributed by atoms with van der Waals surface area (Å²) in [5, 5.41) is 2.89. The SMILES string of the molecule is COc1cc(C(=O)NCCN2CCN(S(=O)(=O)c3ccc(C)cc3)CC2)cc(OC)c1OC.Cl. The van der Waals surface area contributed by atoms with E-state index in [0.29, 0.717) is 67.0 Å². The van der Waals surface area contributed by atoms with E-state index < -0.39 is 10.0 Å². The number of nitrogens with one attached hydrogen (secondary N) is 1. The first-order valence-corrected chi connectivity index (χ1v) is 12.1. The fourth-order valence-electron chi connectivity index (χ4n) is 3.69. The fourth-order valence-corrected chi connectivity index (χ4v) is 5.12. The van der Waals surface area contributed by atoms with Gasteiger partial charge in [0.1, 0.15) is 0 Å². The summed E-state index contributed by atoms with van der Waals surface area (Å²) in [6.07, 6.45) is 0. The molecule has 1 amide bonds. The number of rotatable bonds is 9. The van der Waals surface area contributed by atoms with Crippen LogP contribution >= 0.6 is 12.4 Å². The maximum atomic E-state index is 12.8. The van der Waals surface area contributed by atoms with Crippen LogP contribution in [0.15, 0.2) is 41.3 Å². The smallest absolute Gasteiger partial charge is 0.251 e. The van der Waals surface area contributed by atoms with E-state index in [1.54, 1.807) is 36.4 Å². The second-order valence-electron chi connectivity index (χ2n) is 7.73. The zero-order valence-corrected chi connectivity index (χ0v) is 21.5. The topological polar surface area (TPSA) is 97.4 Å². The van der Waals surface area contributed by atoms with E-state index in [-0.39, 0.29) is 18.3 Å². The maximum Gasteiger partial charge on any atom is 0.251 e. The predicted octanol–water partition coefficient (Wildman–Crippen LogP) is 2.18. The first-order valence-electron chi connectivity index (χ1n) is 10.7. The van der Waals surface area contributed by atoms with Crippen molar-refractivity contribution in [1.82, 2.24) is 14.5 Å². The Balaban J connectivity index is 0.00000408. The van der Waals surface area contributed by atoms with Crippen molar-refractivity contribution in [2.45, 2.75) is 11.8 Å². The standard InChI is InChI=1S/C23H31N3O6S.ClH/c1-17-5-7-19(8-6-17)33(28,29)26-13-11-25(12-14-26)10-9-24-23(27)18-15-20(30-2)22(32-4)21(16-18)31-3;/h5-8,15-16H,9-14H2,1-4H3,(H,24,27);1H. The number of amides is 1. The Morgan fingerprint density at radius 2 is 1.50 bits per heavy atom. The van der Waals surface area contributed by atoms with Crippen LogP contribution in [-0.2, 0) is 10.0 Å². The maximum absolute atomic E-state index is 12.8. The molecule has 1 fully saturated rings. The summed E-state index contributed by atoms with van der Waals surface area (Å²) in [6.45, 7) is 5.01. The number of aryl methyl sites for hydroxylation is 1. The van der Waals surface area contributed by atoms with Gasteiger partial charge in [0.05, 0.1) is 26.2 Å². The Morgan fingerprint density at radius 3 is 2.00 bits per heavy atom. The largest absolute Gasteiger partial charge is 0.493 e. The van der Waals surface area contributed by atoms with Crippen LogP contribution in [0, 0.1) is 6.92 Å². The van der Waals surface area contributed by atoms with Gasteiger partial charge in [0, 0.05) is 44.8 Å². The highest BCUT2D eigenvalue weighted by Gasteiger charge is 2.28. The van der Waals surface area contributed by atoms with Crippen LogP contribution in [-0.4, -0.2) is 84.1 Å². The molecule has 3 rings (SSSR count). The minimum atomic E-state index is -3.49. The number of ether oxygens (including phenoxy) is 3. The van der Waals surface area contributed by atoms with Crippen molar-refractivity contribution >= 4 is 28.3 Å². The van der Waals surface area contributed by atoms with E-state index in [9.17, 15) is 13.2 Å².